The predicted molar refractivity (Wildman–Crippen MR) is 52.3 cm³/mol. The number of nitrogens with zero attached hydrogens (tertiary/aromatic N) is 1. The van der Waals surface area contributed by atoms with Gasteiger partial charge in [0.05, 0.1) is 5.88 Å². The Hall–Kier alpha value is -0.710. The SMILES string of the molecule is CCNC(=O)C1CSCN1C(C)=O. The Labute approximate surface area is 82.0 Å². The van der Waals surface area contributed by atoms with Gasteiger partial charge in [0.15, 0.2) is 0 Å². The van der Waals surface area contributed by atoms with Crippen LogP contribution in [-0.4, -0.2) is 40.9 Å². The van der Waals surface area contributed by atoms with Crippen molar-refractivity contribution in [1.82, 2.24) is 10.2 Å². The van der Waals surface area contributed by atoms with E-state index in [9.17, 15) is 9.59 Å². The molecule has 0 bridgehead atoms. The van der Waals surface area contributed by atoms with Gasteiger partial charge < -0.3 is 10.2 Å². The minimum absolute atomic E-state index is 0.0266. The van der Waals surface area contributed by atoms with E-state index in [1.165, 1.54) is 6.92 Å². The molecule has 1 fully saturated rings. The molecule has 2 amide bonds. The smallest absolute Gasteiger partial charge is 0.243 e. The van der Waals surface area contributed by atoms with Crippen molar-refractivity contribution >= 4 is 23.6 Å². The van der Waals surface area contributed by atoms with E-state index in [2.05, 4.69) is 5.32 Å². The van der Waals surface area contributed by atoms with Crippen LogP contribution in [0.15, 0.2) is 0 Å². The molecule has 4 nitrogen and oxygen atoms in total. The quantitative estimate of drug-likeness (QED) is 0.688. The Bertz CT molecular complexity index is 220. The molecule has 1 rings (SSSR count). The van der Waals surface area contributed by atoms with Gasteiger partial charge in [-0.25, -0.2) is 0 Å². The van der Waals surface area contributed by atoms with Crippen molar-refractivity contribution in [3.8, 4) is 0 Å². The van der Waals surface area contributed by atoms with Crippen LogP contribution in [0.2, 0.25) is 0 Å². The topological polar surface area (TPSA) is 49.4 Å². The highest BCUT2D eigenvalue weighted by Gasteiger charge is 2.32. The average Bonchev–Trinajstić information content (AvgIpc) is 2.52. The Kier molecular flexibility index (Phi) is 3.59. The minimum Gasteiger partial charge on any atom is -0.355 e. The van der Waals surface area contributed by atoms with E-state index in [0.717, 1.165) is 0 Å². The lowest BCUT2D eigenvalue weighted by atomic mass is 10.3. The van der Waals surface area contributed by atoms with E-state index in [1.54, 1.807) is 16.7 Å². The summed E-state index contributed by atoms with van der Waals surface area (Å²) in [7, 11) is 0. The predicted octanol–water partition coefficient (Wildman–Crippen LogP) is 0.0439. The van der Waals surface area contributed by atoms with Crippen molar-refractivity contribution in [3.63, 3.8) is 0 Å². The van der Waals surface area contributed by atoms with Crippen molar-refractivity contribution in [2.24, 2.45) is 0 Å². The molecule has 74 valence electrons. The number of hydrogen-bond donors (Lipinski definition) is 1. The molecule has 1 saturated heterocycles. The molecule has 5 heteroatoms. The first-order valence-corrected chi connectivity index (χ1v) is 5.45. The number of likely N-dealkylation sites (N-methyl/N-ethyl adjacent to an activating group) is 1. The van der Waals surface area contributed by atoms with Crippen LogP contribution < -0.4 is 5.32 Å². The Morgan fingerprint density at radius 1 is 1.62 bits per heavy atom. The summed E-state index contributed by atoms with van der Waals surface area (Å²) in [6.45, 7) is 3.99. The van der Waals surface area contributed by atoms with Crippen LogP contribution in [0.1, 0.15) is 13.8 Å². The maximum Gasteiger partial charge on any atom is 0.243 e. The highest BCUT2D eigenvalue weighted by atomic mass is 32.2. The van der Waals surface area contributed by atoms with Crippen molar-refractivity contribution in [2.75, 3.05) is 18.2 Å². The van der Waals surface area contributed by atoms with E-state index < -0.39 is 0 Å². The first-order chi connectivity index (χ1) is 6.16. The molecule has 1 N–H and O–H groups in total. The standard InChI is InChI=1S/C8H14N2O2S/c1-3-9-8(12)7-4-13-5-10(7)6(2)11/h7H,3-5H2,1-2H3,(H,9,12). The highest BCUT2D eigenvalue weighted by Crippen LogP contribution is 2.20. The molecule has 1 aliphatic rings. The molecular weight excluding hydrogens is 188 g/mol. The van der Waals surface area contributed by atoms with Gasteiger partial charge in [0.1, 0.15) is 6.04 Å². The first kappa shape index (κ1) is 10.4. The molecule has 0 aromatic rings. The van der Waals surface area contributed by atoms with Crippen LogP contribution in [0.3, 0.4) is 0 Å². The Morgan fingerprint density at radius 3 is 2.85 bits per heavy atom. The minimum atomic E-state index is -0.262. The van der Waals surface area contributed by atoms with Gasteiger partial charge in [0.2, 0.25) is 11.8 Å². The van der Waals surface area contributed by atoms with Crippen molar-refractivity contribution in [2.45, 2.75) is 19.9 Å². The van der Waals surface area contributed by atoms with Crippen molar-refractivity contribution < 1.29 is 9.59 Å². The molecule has 0 saturated carbocycles. The summed E-state index contributed by atoms with van der Waals surface area (Å²) in [5, 5.41) is 2.73. The largest absolute Gasteiger partial charge is 0.355 e. The Balaban J connectivity index is 2.57. The Morgan fingerprint density at radius 2 is 2.31 bits per heavy atom. The number of amides is 2. The van der Waals surface area contributed by atoms with Gasteiger partial charge >= 0.3 is 0 Å². The number of hydrogen-bond acceptors (Lipinski definition) is 3. The van der Waals surface area contributed by atoms with Gasteiger partial charge in [-0.15, -0.1) is 11.8 Å². The normalized spacial score (nSPS) is 21.7. The first-order valence-electron chi connectivity index (χ1n) is 4.29. The van der Waals surface area contributed by atoms with E-state index in [0.29, 0.717) is 18.2 Å². The zero-order valence-corrected chi connectivity index (χ0v) is 8.69. The molecule has 1 aliphatic heterocycles. The second-order valence-electron chi connectivity index (χ2n) is 2.90. The lowest BCUT2D eigenvalue weighted by molar-refractivity contribution is -0.136. The zero-order valence-electron chi connectivity index (χ0n) is 7.87. The molecule has 0 aromatic heterocycles. The fourth-order valence-electron chi connectivity index (χ4n) is 1.26. The number of nitrogens with one attached hydrogen (secondary N) is 1. The second-order valence-corrected chi connectivity index (χ2v) is 3.90. The highest BCUT2D eigenvalue weighted by molar-refractivity contribution is 7.99. The molecule has 0 aliphatic carbocycles. The molecule has 1 heterocycles. The second kappa shape index (κ2) is 4.50. The summed E-state index contributed by atoms with van der Waals surface area (Å²) >= 11 is 1.62. The summed E-state index contributed by atoms with van der Waals surface area (Å²) in [6, 6.07) is -0.262. The van der Waals surface area contributed by atoms with Gasteiger partial charge in [0.25, 0.3) is 0 Å². The van der Waals surface area contributed by atoms with Crippen molar-refractivity contribution in [3.05, 3.63) is 0 Å². The molecule has 1 unspecified atom stereocenters. The maximum absolute atomic E-state index is 11.4. The molecular formula is C8H14N2O2S. The zero-order chi connectivity index (χ0) is 9.84. The number of thioether (sulfide) groups is 1. The summed E-state index contributed by atoms with van der Waals surface area (Å²) < 4.78 is 0. The van der Waals surface area contributed by atoms with Gasteiger partial charge in [-0.1, -0.05) is 0 Å². The summed E-state index contributed by atoms with van der Waals surface area (Å²) in [5.41, 5.74) is 0. The van der Waals surface area contributed by atoms with Crippen LogP contribution in [0, 0.1) is 0 Å². The third kappa shape index (κ3) is 2.37. The summed E-state index contributed by atoms with van der Waals surface area (Å²) in [6.07, 6.45) is 0. The fraction of sp³-hybridized carbons (Fsp3) is 0.750. The summed E-state index contributed by atoms with van der Waals surface area (Å²) in [4.78, 5) is 24.1. The van der Waals surface area contributed by atoms with Gasteiger partial charge in [-0.05, 0) is 6.92 Å². The fourth-order valence-corrected chi connectivity index (χ4v) is 2.48. The van der Waals surface area contributed by atoms with Gasteiger partial charge in [-0.2, -0.15) is 0 Å². The molecule has 0 spiro atoms. The van der Waals surface area contributed by atoms with Gasteiger partial charge in [0, 0.05) is 19.2 Å². The number of carbonyl (C=O) groups is 2. The average molecular weight is 202 g/mol. The van der Waals surface area contributed by atoms with E-state index >= 15 is 0 Å². The van der Waals surface area contributed by atoms with Crippen LogP contribution in [-0.2, 0) is 9.59 Å². The van der Waals surface area contributed by atoms with Crippen LogP contribution >= 0.6 is 11.8 Å². The van der Waals surface area contributed by atoms with E-state index in [1.807, 2.05) is 6.92 Å². The molecule has 0 aromatic carbocycles. The monoisotopic (exact) mass is 202 g/mol. The molecule has 13 heavy (non-hydrogen) atoms. The van der Waals surface area contributed by atoms with E-state index in [-0.39, 0.29) is 17.9 Å². The van der Waals surface area contributed by atoms with Crippen molar-refractivity contribution in [1.29, 1.82) is 0 Å². The van der Waals surface area contributed by atoms with Crippen LogP contribution in [0.5, 0.6) is 0 Å². The lowest BCUT2D eigenvalue weighted by Gasteiger charge is -2.20. The third-order valence-corrected chi connectivity index (χ3v) is 2.95. The molecule has 0 radical (unpaired) electrons. The van der Waals surface area contributed by atoms with Crippen LogP contribution in [0.4, 0.5) is 0 Å². The molecule has 1 atom stereocenters. The lowest BCUT2D eigenvalue weighted by Crippen LogP contribution is -2.46. The number of carbonyl (C=O) groups excluding carboxylic acids is 2. The summed E-state index contributed by atoms with van der Waals surface area (Å²) in [5.74, 6) is 1.28. The maximum atomic E-state index is 11.4. The number of rotatable bonds is 2. The van der Waals surface area contributed by atoms with Crippen LogP contribution in [0.25, 0.3) is 0 Å². The van der Waals surface area contributed by atoms with E-state index in [4.69, 9.17) is 0 Å². The van der Waals surface area contributed by atoms with Gasteiger partial charge in [-0.3, -0.25) is 9.59 Å². The third-order valence-electron chi connectivity index (χ3n) is 1.94.